The van der Waals surface area contributed by atoms with Crippen LogP contribution in [0.25, 0.3) is 0 Å². The number of methoxy groups -OCH3 is 1. The quantitative estimate of drug-likeness (QED) is 0.453. The van der Waals surface area contributed by atoms with E-state index in [0.29, 0.717) is 34.5 Å². The lowest BCUT2D eigenvalue weighted by molar-refractivity contribution is 0.0601. The average Bonchev–Trinajstić information content (AvgIpc) is 2.61. The summed E-state index contributed by atoms with van der Waals surface area (Å²) in [6, 6.07) is 12.6. The van der Waals surface area contributed by atoms with Crippen LogP contribution < -0.4 is 15.4 Å². The van der Waals surface area contributed by atoms with Gasteiger partial charge in [-0.15, -0.1) is 0 Å². The fraction of sp³-hybridized carbons (Fsp3) is 0.222. The van der Waals surface area contributed by atoms with E-state index in [0.717, 1.165) is 5.75 Å². The lowest BCUT2D eigenvalue weighted by Crippen LogP contribution is -2.32. The van der Waals surface area contributed by atoms with Gasteiger partial charge in [-0.05, 0) is 49.5 Å². The van der Waals surface area contributed by atoms with E-state index >= 15 is 0 Å². The van der Waals surface area contributed by atoms with Crippen LogP contribution in [0.3, 0.4) is 0 Å². The molecule has 25 heavy (non-hydrogen) atoms. The number of hydrogen-bond donors (Lipinski definition) is 2. The van der Waals surface area contributed by atoms with E-state index in [4.69, 9.17) is 33.3 Å². The third-order valence-corrected chi connectivity index (χ3v) is 3.89. The molecule has 0 amide bonds. The Morgan fingerprint density at radius 3 is 2.60 bits per heavy atom. The van der Waals surface area contributed by atoms with E-state index < -0.39 is 5.97 Å². The molecule has 2 rings (SSSR count). The van der Waals surface area contributed by atoms with Gasteiger partial charge in [0.2, 0.25) is 0 Å². The SMILES string of the molecule is COC(=O)c1ccc(Cl)c(NC(=S)NCCOc2ccc(C)cc2)c1. The molecule has 2 aromatic carbocycles. The van der Waals surface area contributed by atoms with Crippen LogP contribution in [0.5, 0.6) is 5.75 Å². The zero-order chi connectivity index (χ0) is 18.2. The van der Waals surface area contributed by atoms with Gasteiger partial charge in [0.1, 0.15) is 12.4 Å². The molecule has 2 aromatic rings. The predicted octanol–water partition coefficient (Wildman–Crippen LogP) is 3.80. The Labute approximate surface area is 157 Å². The van der Waals surface area contributed by atoms with Gasteiger partial charge in [-0.25, -0.2) is 4.79 Å². The predicted molar refractivity (Wildman–Crippen MR) is 104 cm³/mol. The van der Waals surface area contributed by atoms with Crippen LogP contribution in [0, 0.1) is 6.92 Å². The van der Waals surface area contributed by atoms with Crippen molar-refractivity contribution in [2.75, 3.05) is 25.6 Å². The topological polar surface area (TPSA) is 59.6 Å². The number of carbonyl (C=O) groups excluding carboxylic acids is 1. The number of benzene rings is 2. The van der Waals surface area contributed by atoms with E-state index in [1.807, 2.05) is 31.2 Å². The monoisotopic (exact) mass is 378 g/mol. The van der Waals surface area contributed by atoms with Crippen LogP contribution >= 0.6 is 23.8 Å². The minimum absolute atomic E-state index is 0.386. The Bertz CT molecular complexity index is 750. The van der Waals surface area contributed by atoms with E-state index in [-0.39, 0.29) is 0 Å². The van der Waals surface area contributed by atoms with E-state index in [1.165, 1.54) is 12.7 Å². The summed E-state index contributed by atoms with van der Waals surface area (Å²) in [6.45, 7) is 3.00. The van der Waals surface area contributed by atoms with E-state index in [9.17, 15) is 4.79 Å². The van der Waals surface area contributed by atoms with Crippen molar-refractivity contribution in [2.24, 2.45) is 0 Å². The summed E-state index contributed by atoms with van der Waals surface area (Å²) in [7, 11) is 1.32. The highest BCUT2D eigenvalue weighted by molar-refractivity contribution is 7.80. The second kappa shape index (κ2) is 9.25. The number of aryl methyl sites for hydroxylation is 1. The molecule has 0 fully saturated rings. The van der Waals surface area contributed by atoms with E-state index in [1.54, 1.807) is 18.2 Å². The first-order valence-corrected chi connectivity index (χ1v) is 8.40. The van der Waals surface area contributed by atoms with Gasteiger partial charge in [-0.3, -0.25) is 0 Å². The molecule has 5 nitrogen and oxygen atoms in total. The molecule has 0 bridgehead atoms. The summed E-state index contributed by atoms with van der Waals surface area (Å²) >= 11 is 11.3. The van der Waals surface area contributed by atoms with Gasteiger partial charge in [0, 0.05) is 0 Å². The zero-order valence-electron chi connectivity index (χ0n) is 14.0. The molecule has 0 aliphatic carbocycles. The van der Waals surface area contributed by atoms with Crippen LogP contribution in [-0.2, 0) is 4.74 Å². The summed E-state index contributed by atoms with van der Waals surface area (Å²) in [5, 5.41) is 6.82. The van der Waals surface area contributed by atoms with Crippen molar-refractivity contribution in [1.82, 2.24) is 5.32 Å². The average molecular weight is 379 g/mol. The second-order valence-corrected chi connectivity index (χ2v) is 6.04. The molecule has 0 radical (unpaired) electrons. The fourth-order valence-electron chi connectivity index (χ4n) is 2.00. The number of anilines is 1. The highest BCUT2D eigenvalue weighted by atomic mass is 35.5. The van der Waals surface area contributed by atoms with Crippen molar-refractivity contribution < 1.29 is 14.3 Å². The molecule has 0 atom stereocenters. The molecule has 0 unspecified atom stereocenters. The van der Waals surface area contributed by atoms with Crippen LogP contribution in [0.4, 0.5) is 5.69 Å². The largest absolute Gasteiger partial charge is 0.492 e. The number of carbonyl (C=O) groups is 1. The molecular formula is C18H19ClN2O3S. The molecule has 7 heteroatoms. The molecule has 0 aliphatic heterocycles. The van der Waals surface area contributed by atoms with Crippen LogP contribution in [-0.4, -0.2) is 31.3 Å². The first kappa shape index (κ1) is 19.0. The number of halogens is 1. The number of esters is 1. The maximum atomic E-state index is 11.6. The third kappa shape index (κ3) is 5.92. The summed E-state index contributed by atoms with van der Waals surface area (Å²) < 4.78 is 10.3. The summed E-state index contributed by atoms with van der Waals surface area (Å²) in [5.41, 5.74) is 2.10. The maximum absolute atomic E-state index is 11.6. The fourth-order valence-corrected chi connectivity index (χ4v) is 2.38. The van der Waals surface area contributed by atoms with Gasteiger partial charge in [0.25, 0.3) is 0 Å². The van der Waals surface area contributed by atoms with Crippen molar-refractivity contribution in [3.05, 3.63) is 58.6 Å². The molecule has 0 spiro atoms. The molecule has 0 saturated heterocycles. The molecule has 132 valence electrons. The molecule has 2 N–H and O–H groups in total. The van der Waals surface area contributed by atoms with Crippen LogP contribution in [0.15, 0.2) is 42.5 Å². The molecule has 0 aromatic heterocycles. The van der Waals surface area contributed by atoms with Crippen LogP contribution in [0.2, 0.25) is 5.02 Å². The minimum Gasteiger partial charge on any atom is -0.492 e. The number of thiocarbonyl (C=S) groups is 1. The number of rotatable bonds is 6. The number of nitrogens with one attached hydrogen (secondary N) is 2. The van der Waals surface area contributed by atoms with Crippen molar-refractivity contribution in [2.45, 2.75) is 6.92 Å². The molecule has 0 saturated carbocycles. The van der Waals surface area contributed by atoms with Crippen molar-refractivity contribution >= 4 is 40.6 Å². The van der Waals surface area contributed by atoms with Crippen molar-refractivity contribution in [1.29, 1.82) is 0 Å². The normalized spacial score (nSPS) is 10.0. The van der Waals surface area contributed by atoms with Gasteiger partial charge in [-0.1, -0.05) is 29.3 Å². The van der Waals surface area contributed by atoms with Gasteiger partial charge in [0.05, 0.1) is 29.9 Å². The Hall–Kier alpha value is -2.31. The Morgan fingerprint density at radius 1 is 1.20 bits per heavy atom. The molecule has 0 heterocycles. The van der Waals surface area contributed by atoms with Gasteiger partial charge in [-0.2, -0.15) is 0 Å². The second-order valence-electron chi connectivity index (χ2n) is 5.23. The van der Waals surface area contributed by atoms with Gasteiger partial charge < -0.3 is 20.1 Å². The smallest absolute Gasteiger partial charge is 0.337 e. The zero-order valence-corrected chi connectivity index (χ0v) is 15.5. The lowest BCUT2D eigenvalue weighted by atomic mass is 10.2. The van der Waals surface area contributed by atoms with Crippen molar-refractivity contribution in [3.63, 3.8) is 0 Å². The standard InChI is InChI=1S/C18H19ClN2O3S/c1-12-3-6-14(7-4-12)24-10-9-20-18(25)21-16-11-13(17(22)23-2)5-8-15(16)19/h3-8,11H,9-10H2,1-2H3,(H2,20,21,25). The Kier molecular flexibility index (Phi) is 7.03. The minimum atomic E-state index is -0.440. The van der Waals surface area contributed by atoms with Crippen molar-refractivity contribution in [3.8, 4) is 5.75 Å². The summed E-state index contributed by atoms with van der Waals surface area (Å²) in [4.78, 5) is 11.6. The van der Waals surface area contributed by atoms with E-state index in [2.05, 4.69) is 10.6 Å². The molecular weight excluding hydrogens is 360 g/mol. The lowest BCUT2D eigenvalue weighted by Gasteiger charge is -2.13. The Balaban J connectivity index is 1.81. The first-order valence-electron chi connectivity index (χ1n) is 7.62. The highest BCUT2D eigenvalue weighted by Gasteiger charge is 2.09. The van der Waals surface area contributed by atoms with Crippen LogP contribution in [0.1, 0.15) is 15.9 Å². The van der Waals surface area contributed by atoms with Gasteiger partial charge >= 0.3 is 5.97 Å². The maximum Gasteiger partial charge on any atom is 0.337 e. The first-order chi connectivity index (χ1) is 12.0. The van der Waals surface area contributed by atoms with Gasteiger partial charge in [0.15, 0.2) is 5.11 Å². The third-order valence-electron chi connectivity index (χ3n) is 3.31. The summed E-state index contributed by atoms with van der Waals surface area (Å²) in [5.74, 6) is 0.366. The Morgan fingerprint density at radius 2 is 1.92 bits per heavy atom. The highest BCUT2D eigenvalue weighted by Crippen LogP contribution is 2.23. The molecule has 0 aliphatic rings. The number of ether oxygens (including phenoxy) is 2. The number of hydrogen-bond acceptors (Lipinski definition) is 4. The summed E-state index contributed by atoms with van der Waals surface area (Å²) in [6.07, 6.45) is 0.